The lowest BCUT2D eigenvalue weighted by Crippen LogP contribution is -2.86. The van der Waals surface area contributed by atoms with Crippen molar-refractivity contribution in [3.63, 3.8) is 0 Å². The van der Waals surface area contributed by atoms with E-state index in [4.69, 9.17) is 14.2 Å². The molecule has 8 nitrogen and oxygen atoms in total. The number of carbonyl (C=O) groups is 3. The number of fused-ring (bicyclic) bond motifs is 2. The second-order valence-electron chi connectivity index (χ2n) is 12.8. The summed E-state index contributed by atoms with van der Waals surface area (Å²) in [6.45, 7) is 11.4. The summed E-state index contributed by atoms with van der Waals surface area (Å²) in [6, 6.07) is 6.93. The molecule has 4 aliphatic carbocycles. The van der Waals surface area contributed by atoms with Gasteiger partial charge in [0.1, 0.15) is 23.7 Å². The number of ketones is 1. The Balaban J connectivity index is 1.53. The Morgan fingerprint density at radius 1 is 1.11 bits per heavy atom. The van der Waals surface area contributed by atoms with E-state index in [1.54, 1.807) is 24.3 Å². The summed E-state index contributed by atoms with van der Waals surface area (Å²) >= 11 is 0. The van der Waals surface area contributed by atoms with Gasteiger partial charge in [-0.2, -0.15) is 0 Å². The lowest BCUT2D eigenvalue weighted by molar-refractivity contribution is -0.457. The molecule has 6 aliphatic rings. The third-order valence-electron chi connectivity index (χ3n) is 10.6. The van der Waals surface area contributed by atoms with Crippen LogP contribution in [0.1, 0.15) is 62.4 Å². The zero-order chi connectivity index (χ0) is 27.4. The monoisotopic (exact) mass is 524 g/mol. The van der Waals surface area contributed by atoms with Crippen molar-refractivity contribution in [2.75, 3.05) is 6.61 Å². The van der Waals surface area contributed by atoms with E-state index in [9.17, 15) is 24.6 Å². The number of Topliss-reactive ketones (excluding diaryl/α,β-unsaturated/α-hetero) is 1. The van der Waals surface area contributed by atoms with Gasteiger partial charge in [-0.15, -0.1) is 0 Å². The van der Waals surface area contributed by atoms with Crippen LogP contribution in [0.25, 0.3) is 0 Å². The highest BCUT2D eigenvalue weighted by Gasteiger charge is 2.88. The van der Waals surface area contributed by atoms with E-state index in [0.29, 0.717) is 31.2 Å². The van der Waals surface area contributed by atoms with Crippen molar-refractivity contribution >= 4 is 17.7 Å². The molecule has 0 aromatic heterocycles. The second kappa shape index (κ2) is 7.99. The first-order valence-electron chi connectivity index (χ1n) is 13.5. The molecule has 6 fully saturated rings. The Labute approximate surface area is 222 Å². The quantitative estimate of drug-likeness (QED) is 0.457. The average molecular weight is 525 g/mol. The Morgan fingerprint density at radius 3 is 2.45 bits per heavy atom. The summed E-state index contributed by atoms with van der Waals surface area (Å²) in [4.78, 5) is 39.9. The van der Waals surface area contributed by atoms with E-state index in [1.807, 2.05) is 20.8 Å². The lowest BCUT2D eigenvalue weighted by Gasteiger charge is -2.74. The molecule has 2 heterocycles. The summed E-state index contributed by atoms with van der Waals surface area (Å²) in [5, 5.41) is 24.3. The maximum Gasteiger partial charge on any atom is 0.338 e. The molecule has 4 bridgehead atoms. The molecular formula is C30H36O8. The SMILES string of the molecule is C=C1C(=O)[C@]23[C@H](OC(=O)c4ccc(C)cc4)[C@H]1CC[C@H]2[C@@]12CO[C@]3(O)[C@@H](O)[C@@H]1C(C)(C)CCC2OC(C)=O. The molecule has 1 aromatic rings. The summed E-state index contributed by atoms with van der Waals surface area (Å²) in [7, 11) is 0. The minimum Gasteiger partial charge on any atom is -0.462 e. The fourth-order valence-electron chi connectivity index (χ4n) is 9.26. The first-order chi connectivity index (χ1) is 17.8. The number of hydrogen-bond donors (Lipinski definition) is 2. The van der Waals surface area contributed by atoms with Crippen molar-refractivity contribution in [1.82, 2.24) is 0 Å². The molecule has 1 aromatic carbocycles. The van der Waals surface area contributed by atoms with Gasteiger partial charge in [-0.3, -0.25) is 9.59 Å². The number of ether oxygens (including phenoxy) is 3. The van der Waals surface area contributed by atoms with E-state index in [0.717, 1.165) is 5.56 Å². The predicted octanol–water partition coefficient (Wildman–Crippen LogP) is 3.12. The van der Waals surface area contributed by atoms with Gasteiger partial charge in [0.25, 0.3) is 0 Å². The van der Waals surface area contributed by atoms with Crippen molar-refractivity contribution in [1.29, 1.82) is 0 Å². The highest BCUT2D eigenvalue weighted by Crippen LogP contribution is 2.77. The molecule has 2 aliphatic heterocycles. The Hall–Kier alpha value is -2.55. The molecule has 2 N–H and O–H groups in total. The van der Waals surface area contributed by atoms with Gasteiger partial charge >= 0.3 is 11.9 Å². The zero-order valence-electron chi connectivity index (χ0n) is 22.4. The van der Waals surface area contributed by atoms with E-state index in [2.05, 4.69) is 6.58 Å². The molecule has 7 rings (SSSR count). The molecule has 0 radical (unpaired) electrons. The number of benzene rings is 1. The normalized spacial score (nSPS) is 44.3. The van der Waals surface area contributed by atoms with E-state index in [1.165, 1.54) is 6.92 Å². The number of carbonyl (C=O) groups excluding carboxylic acids is 3. The van der Waals surface area contributed by atoms with E-state index >= 15 is 0 Å². The first-order valence-corrected chi connectivity index (χ1v) is 13.5. The minimum absolute atomic E-state index is 0.0298. The molecule has 2 saturated heterocycles. The van der Waals surface area contributed by atoms with Gasteiger partial charge in [-0.05, 0) is 61.6 Å². The summed E-state index contributed by atoms with van der Waals surface area (Å²) in [6.07, 6.45) is -0.902. The summed E-state index contributed by atoms with van der Waals surface area (Å²) in [5.41, 5.74) is -1.55. The molecule has 9 atom stereocenters. The fourth-order valence-corrected chi connectivity index (χ4v) is 9.26. The zero-order valence-corrected chi connectivity index (χ0v) is 22.4. The van der Waals surface area contributed by atoms with Gasteiger partial charge in [0.05, 0.1) is 12.2 Å². The van der Waals surface area contributed by atoms with Crippen LogP contribution in [0.2, 0.25) is 0 Å². The molecule has 1 unspecified atom stereocenters. The topological polar surface area (TPSA) is 119 Å². The van der Waals surface area contributed by atoms with Gasteiger partial charge in [0, 0.05) is 24.2 Å². The van der Waals surface area contributed by atoms with Crippen LogP contribution in [0.3, 0.4) is 0 Å². The van der Waals surface area contributed by atoms with Crippen LogP contribution in [0.15, 0.2) is 36.4 Å². The maximum atomic E-state index is 14.3. The van der Waals surface area contributed by atoms with Gasteiger partial charge in [0.15, 0.2) is 5.78 Å². The highest BCUT2D eigenvalue weighted by molar-refractivity contribution is 6.05. The number of aryl methyl sites for hydroxylation is 1. The smallest absolute Gasteiger partial charge is 0.338 e. The van der Waals surface area contributed by atoms with Crippen molar-refractivity contribution in [2.45, 2.75) is 77.5 Å². The number of aliphatic hydroxyl groups is 2. The number of esters is 2. The van der Waals surface area contributed by atoms with Gasteiger partial charge < -0.3 is 24.4 Å². The van der Waals surface area contributed by atoms with Crippen molar-refractivity contribution in [3.05, 3.63) is 47.5 Å². The highest BCUT2D eigenvalue weighted by atomic mass is 16.7. The second-order valence-corrected chi connectivity index (χ2v) is 12.8. The third kappa shape index (κ3) is 2.89. The van der Waals surface area contributed by atoms with Crippen LogP contribution in [-0.4, -0.2) is 58.6 Å². The fraction of sp³-hybridized carbons (Fsp3) is 0.633. The van der Waals surface area contributed by atoms with Gasteiger partial charge in [-0.25, -0.2) is 4.79 Å². The lowest BCUT2D eigenvalue weighted by atomic mass is 9.35. The van der Waals surface area contributed by atoms with E-state index in [-0.39, 0.29) is 12.2 Å². The predicted molar refractivity (Wildman–Crippen MR) is 135 cm³/mol. The van der Waals surface area contributed by atoms with Crippen molar-refractivity contribution < 1.29 is 38.8 Å². The third-order valence-corrected chi connectivity index (χ3v) is 10.6. The maximum absolute atomic E-state index is 14.3. The molecule has 0 amide bonds. The Morgan fingerprint density at radius 2 is 1.79 bits per heavy atom. The first kappa shape index (κ1) is 25.7. The molecule has 4 saturated carbocycles. The Bertz CT molecular complexity index is 1240. The number of hydrogen-bond acceptors (Lipinski definition) is 8. The van der Waals surface area contributed by atoms with Crippen LogP contribution >= 0.6 is 0 Å². The van der Waals surface area contributed by atoms with Crippen LogP contribution in [-0.2, 0) is 23.8 Å². The molecular weight excluding hydrogens is 488 g/mol. The van der Waals surface area contributed by atoms with Crippen LogP contribution in [0.5, 0.6) is 0 Å². The van der Waals surface area contributed by atoms with Gasteiger partial charge in [0.2, 0.25) is 5.79 Å². The van der Waals surface area contributed by atoms with Crippen LogP contribution < -0.4 is 0 Å². The molecule has 2 spiro atoms. The van der Waals surface area contributed by atoms with Crippen molar-refractivity contribution in [3.8, 4) is 0 Å². The number of rotatable bonds is 3. The van der Waals surface area contributed by atoms with E-state index < -0.39 is 75.8 Å². The molecule has 204 valence electrons. The number of aliphatic hydroxyl groups excluding tert-OH is 1. The van der Waals surface area contributed by atoms with Crippen LogP contribution in [0.4, 0.5) is 0 Å². The van der Waals surface area contributed by atoms with Gasteiger partial charge in [-0.1, -0.05) is 38.1 Å². The van der Waals surface area contributed by atoms with Crippen molar-refractivity contribution in [2.24, 2.45) is 34.0 Å². The largest absolute Gasteiger partial charge is 0.462 e. The molecule has 38 heavy (non-hydrogen) atoms. The minimum atomic E-state index is -2.28. The average Bonchev–Trinajstić information content (AvgIpc) is 2.97. The van der Waals surface area contributed by atoms with Crippen LogP contribution in [0, 0.1) is 40.9 Å². The standard InChI is InChI=1S/C30H36O8/c1-15-6-8-18(9-7-15)26(34)38-25-19-10-11-20-28-14-36-30(35,29(20,25)23(32)16(19)2)24(33)22(28)27(4,5)13-12-21(28)37-17(3)31/h6-9,19-22,24-25,33,35H,2,10-14H2,1,3-5H3/t19-,20-,21?,22+,24-,25+,28+,29-,30+/m0/s1. The summed E-state index contributed by atoms with van der Waals surface area (Å²) in [5.74, 6) is -5.35. The molecule has 8 heteroatoms. The Kier molecular flexibility index (Phi) is 5.41. The summed E-state index contributed by atoms with van der Waals surface area (Å²) < 4.78 is 18.2.